The molecule has 0 radical (unpaired) electrons. The molecule has 0 aromatic heterocycles. The Balaban J connectivity index is 1.94. The standard InChI is InChI=1S/C13H15ClFNO/c14-4-1-5-17-13-7-10(6-11(15)8-13)9-16-12-2-3-12/h1,4,6-8,12,16H,2-3,5,9H2/b4-1+. The van der Waals surface area contributed by atoms with Crippen molar-refractivity contribution in [3.8, 4) is 5.75 Å². The minimum atomic E-state index is -0.273. The van der Waals surface area contributed by atoms with Crippen LogP contribution in [-0.2, 0) is 6.54 Å². The maximum Gasteiger partial charge on any atom is 0.127 e. The van der Waals surface area contributed by atoms with Gasteiger partial charge in [0.05, 0.1) is 0 Å². The molecule has 0 atom stereocenters. The van der Waals surface area contributed by atoms with E-state index in [0.29, 0.717) is 24.9 Å². The van der Waals surface area contributed by atoms with Gasteiger partial charge in [-0.2, -0.15) is 0 Å². The number of rotatable bonds is 6. The molecule has 0 saturated heterocycles. The Labute approximate surface area is 105 Å². The highest BCUT2D eigenvalue weighted by Crippen LogP contribution is 2.21. The van der Waals surface area contributed by atoms with E-state index in [0.717, 1.165) is 5.56 Å². The lowest BCUT2D eigenvalue weighted by molar-refractivity contribution is 0.360. The molecule has 0 spiro atoms. The Morgan fingerprint density at radius 3 is 2.94 bits per heavy atom. The van der Waals surface area contributed by atoms with Gasteiger partial charge in [-0.25, -0.2) is 4.39 Å². The highest BCUT2D eigenvalue weighted by molar-refractivity contribution is 6.25. The van der Waals surface area contributed by atoms with Crippen LogP contribution in [0, 0.1) is 5.82 Å². The summed E-state index contributed by atoms with van der Waals surface area (Å²) in [7, 11) is 0. The van der Waals surface area contributed by atoms with E-state index in [9.17, 15) is 4.39 Å². The Kier molecular flexibility index (Phi) is 4.40. The molecule has 2 rings (SSSR count). The van der Waals surface area contributed by atoms with Crippen LogP contribution in [0.3, 0.4) is 0 Å². The Hall–Kier alpha value is -1.06. The minimum Gasteiger partial charge on any atom is -0.489 e. The summed E-state index contributed by atoms with van der Waals surface area (Å²) in [4.78, 5) is 0. The van der Waals surface area contributed by atoms with Crippen LogP contribution in [0.2, 0.25) is 0 Å². The first kappa shape index (κ1) is 12.4. The maximum absolute atomic E-state index is 13.3. The molecule has 0 bridgehead atoms. The van der Waals surface area contributed by atoms with Gasteiger partial charge in [0.25, 0.3) is 0 Å². The van der Waals surface area contributed by atoms with Gasteiger partial charge in [0, 0.05) is 24.2 Å². The molecule has 2 nitrogen and oxygen atoms in total. The number of hydrogen-bond acceptors (Lipinski definition) is 2. The lowest BCUT2D eigenvalue weighted by Crippen LogP contribution is -2.15. The molecule has 17 heavy (non-hydrogen) atoms. The average molecular weight is 256 g/mol. The van der Waals surface area contributed by atoms with E-state index in [1.165, 1.54) is 30.5 Å². The highest BCUT2D eigenvalue weighted by Gasteiger charge is 2.20. The van der Waals surface area contributed by atoms with Crippen LogP contribution in [0.15, 0.2) is 29.8 Å². The Morgan fingerprint density at radius 2 is 2.24 bits per heavy atom. The van der Waals surface area contributed by atoms with Gasteiger partial charge in [0.15, 0.2) is 0 Å². The first-order chi connectivity index (χ1) is 8.28. The van der Waals surface area contributed by atoms with Crippen molar-refractivity contribution in [3.63, 3.8) is 0 Å². The molecule has 0 aliphatic heterocycles. The number of benzene rings is 1. The smallest absolute Gasteiger partial charge is 0.127 e. The van der Waals surface area contributed by atoms with E-state index in [1.54, 1.807) is 6.08 Å². The summed E-state index contributed by atoms with van der Waals surface area (Å²) in [6.45, 7) is 1.03. The predicted molar refractivity (Wildman–Crippen MR) is 66.7 cm³/mol. The fraction of sp³-hybridized carbons (Fsp3) is 0.385. The molecule has 1 fully saturated rings. The second-order valence-electron chi connectivity index (χ2n) is 4.12. The summed E-state index contributed by atoms with van der Waals surface area (Å²) in [5.74, 6) is 0.261. The van der Waals surface area contributed by atoms with Gasteiger partial charge in [0.1, 0.15) is 18.2 Å². The average Bonchev–Trinajstić information content (AvgIpc) is 3.10. The van der Waals surface area contributed by atoms with Crippen LogP contribution < -0.4 is 10.1 Å². The third-order valence-electron chi connectivity index (χ3n) is 2.54. The van der Waals surface area contributed by atoms with Crippen LogP contribution in [0.1, 0.15) is 18.4 Å². The third kappa shape index (κ3) is 4.36. The van der Waals surface area contributed by atoms with Crippen molar-refractivity contribution in [2.75, 3.05) is 6.61 Å². The van der Waals surface area contributed by atoms with E-state index in [2.05, 4.69) is 5.32 Å². The number of hydrogen-bond donors (Lipinski definition) is 1. The van der Waals surface area contributed by atoms with Gasteiger partial charge in [-0.05, 0) is 36.6 Å². The molecular formula is C13H15ClFNO. The Bertz CT molecular complexity index is 404. The second-order valence-corrected chi connectivity index (χ2v) is 4.38. The van der Waals surface area contributed by atoms with Crippen LogP contribution in [-0.4, -0.2) is 12.6 Å². The molecule has 0 amide bonds. The van der Waals surface area contributed by atoms with Crippen molar-refractivity contribution in [2.24, 2.45) is 0 Å². The topological polar surface area (TPSA) is 21.3 Å². The zero-order valence-electron chi connectivity index (χ0n) is 9.46. The van der Waals surface area contributed by atoms with E-state index in [1.807, 2.05) is 6.07 Å². The quantitative estimate of drug-likeness (QED) is 0.843. The minimum absolute atomic E-state index is 0.273. The molecule has 92 valence electrons. The first-order valence-electron chi connectivity index (χ1n) is 5.69. The van der Waals surface area contributed by atoms with Gasteiger partial charge in [0.2, 0.25) is 0 Å². The lowest BCUT2D eigenvalue weighted by Gasteiger charge is -2.07. The van der Waals surface area contributed by atoms with Crippen molar-refractivity contribution < 1.29 is 9.13 Å². The van der Waals surface area contributed by atoms with Crippen molar-refractivity contribution >= 4 is 11.6 Å². The van der Waals surface area contributed by atoms with E-state index in [-0.39, 0.29) is 5.82 Å². The van der Waals surface area contributed by atoms with Crippen LogP contribution >= 0.6 is 11.6 Å². The van der Waals surface area contributed by atoms with Gasteiger partial charge in [-0.15, -0.1) is 0 Å². The molecule has 1 aromatic carbocycles. The summed E-state index contributed by atoms with van der Waals surface area (Å²) >= 11 is 5.38. The SMILES string of the molecule is Fc1cc(CNC2CC2)cc(OC/C=C/Cl)c1. The molecule has 1 aliphatic carbocycles. The largest absolute Gasteiger partial charge is 0.489 e. The molecule has 1 saturated carbocycles. The van der Waals surface area contributed by atoms with Crippen molar-refractivity contribution in [3.05, 3.63) is 41.2 Å². The monoisotopic (exact) mass is 255 g/mol. The number of nitrogens with one attached hydrogen (secondary N) is 1. The molecule has 1 N–H and O–H groups in total. The molecule has 0 unspecified atom stereocenters. The molecule has 4 heteroatoms. The summed E-state index contributed by atoms with van der Waals surface area (Å²) in [5, 5.41) is 3.34. The molecule has 1 aliphatic rings. The fourth-order valence-corrected chi connectivity index (χ4v) is 1.61. The zero-order chi connectivity index (χ0) is 12.1. The van der Waals surface area contributed by atoms with Crippen LogP contribution in [0.5, 0.6) is 5.75 Å². The van der Waals surface area contributed by atoms with E-state index >= 15 is 0 Å². The predicted octanol–water partition coefficient (Wildman–Crippen LogP) is 3.21. The second kappa shape index (κ2) is 6.03. The highest BCUT2D eigenvalue weighted by atomic mass is 35.5. The van der Waals surface area contributed by atoms with Crippen LogP contribution in [0.4, 0.5) is 4.39 Å². The summed E-state index contributed by atoms with van der Waals surface area (Å²) in [6, 6.07) is 5.37. The number of ether oxygens (including phenoxy) is 1. The van der Waals surface area contributed by atoms with Crippen LogP contribution in [0.25, 0.3) is 0 Å². The third-order valence-corrected chi connectivity index (χ3v) is 2.72. The first-order valence-corrected chi connectivity index (χ1v) is 6.12. The van der Waals surface area contributed by atoms with Gasteiger partial charge in [-0.1, -0.05) is 11.6 Å². The molecule has 1 aromatic rings. The van der Waals surface area contributed by atoms with Crippen molar-refractivity contribution in [1.82, 2.24) is 5.32 Å². The molecule has 0 heterocycles. The fourth-order valence-electron chi connectivity index (χ4n) is 1.54. The van der Waals surface area contributed by atoms with Crippen molar-refractivity contribution in [1.29, 1.82) is 0 Å². The van der Waals surface area contributed by atoms with Crippen molar-refractivity contribution in [2.45, 2.75) is 25.4 Å². The van der Waals surface area contributed by atoms with E-state index < -0.39 is 0 Å². The van der Waals surface area contributed by atoms with Gasteiger partial charge in [-0.3, -0.25) is 0 Å². The summed E-state index contributed by atoms with van der Waals surface area (Å²) in [6.07, 6.45) is 4.10. The summed E-state index contributed by atoms with van der Waals surface area (Å²) < 4.78 is 18.7. The zero-order valence-corrected chi connectivity index (χ0v) is 10.2. The number of halogens is 2. The van der Waals surface area contributed by atoms with Gasteiger partial charge < -0.3 is 10.1 Å². The lowest BCUT2D eigenvalue weighted by atomic mass is 10.2. The normalized spacial score (nSPS) is 15.4. The summed E-state index contributed by atoms with van der Waals surface area (Å²) in [5.41, 5.74) is 2.29. The van der Waals surface area contributed by atoms with E-state index in [4.69, 9.17) is 16.3 Å². The maximum atomic E-state index is 13.3. The van der Waals surface area contributed by atoms with Gasteiger partial charge >= 0.3 is 0 Å². The Morgan fingerprint density at radius 1 is 1.41 bits per heavy atom. The molecular weight excluding hydrogens is 241 g/mol.